The second-order valence-electron chi connectivity index (χ2n) is 10.6. The number of carbonyl (C=O) groups is 2. The van der Waals surface area contributed by atoms with Crippen molar-refractivity contribution in [3.05, 3.63) is 24.8 Å². The fourth-order valence-electron chi connectivity index (χ4n) is 6.68. The summed E-state index contributed by atoms with van der Waals surface area (Å²) in [7, 11) is 0. The van der Waals surface area contributed by atoms with Crippen LogP contribution in [0.15, 0.2) is 24.8 Å². The quantitative estimate of drug-likeness (QED) is 0.391. The maximum Gasteiger partial charge on any atom is 0.333 e. The molecule has 0 bridgehead atoms. The van der Waals surface area contributed by atoms with Crippen LogP contribution in [0.5, 0.6) is 0 Å². The molecular weight excluding hydrogens is 420 g/mol. The fraction of sp³-hybridized carbons (Fsp3) is 0.778. The molecule has 0 spiro atoms. The zero-order valence-electron chi connectivity index (χ0n) is 20.1. The molecule has 0 N–H and O–H groups in total. The van der Waals surface area contributed by atoms with Crippen LogP contribution < -0.4 is 0 Å². The van der Waals surface area contributed by atoms with Crippen LogP contribution in [-0.4, -0.2) is 48.6 Å². The molecule has 2 heterocycles. The van der Waals surface area contributed by atoms with Crippen molar-refractivity contribution < 1.29 is 28.5 Å². The second-order valence-corrected chi connectivity index (χ2v) is 10.6. The molecule has 184 valence electrons. The number of carbonyl (C=O) groups excluding carboxylic acids is 2. The lowest BCUT2D eigenvalue weighted by molar-refractivity contribution is -0.187. The number of hydrogen-bond acceptors (Lipinski definition) is 6. The van der Waals surface area contributed by atoms with Crippen molar-refractivity contribution in [2.45, 2.75) is 107 Å². The predicted molar refractivity (Wildman–Crippen MR) is 125 cm³/mol. The van der Waals surface area contributed by atoms with Crippen molar-refractivity contribution >= 4 is 11.9 Å². The van der Waals surface area contributed by atoms with Gasteiger partial charge in [-0.2, -0.15) is 0 Å². The van der Waals surface area contributed by atoms with E-state index in [1.807, 2.05) is 0 Å². The fourth-order valence-corrected chi connectivity index (χ4v) is 6.68. The standard InChI is InChI=1S/C27H40O6/c1-4-24(28)32-27(21-12-16-30-18-21)15-8-9-20(17-27)22-10-11-23(31-22)26(13-6-5-7-14-26)33-25(29)19(2)3/h4,20-23H,1-2,5-18H2,3H3. The third kappa shape index (κ3) is 5.22. The van der Waals surface area contributed by atoms with Gasteiger partial charge in [-0.05, 0) is 83.5 Å². The molecule has 2 saturated heterocycles. The van der Waals surface area contributed by atoms with Crippen molar-refractivity contribution in [1.29, 1.82) is 0 Å². The van der Waals surface area contributed by atoms with Crippen LogP contribution in [0.25, 0.3) is 0 Å². The molecule has 2 aliphatic carbocycles. The molecule has 0 aromatic carbocycles. The Balaban J connectivity index is 1.48. The van der Waals surface area contributed by atoms with E-state index >= 15 is 0 Å². The molecule has 2 aliphatic heterocycles. The van der Waals surface area contributed by atoms with E-state index in [4.69, 9.17) is 18.9 Å². The number of esters is 2. The van der Waals surface area contributed by atoms with E-state index in [1.165, 1.54) is 12.5 Å². The summed E-state index contributed by atoms with van der Waals surface area (Å²) in [6, 6.07) is 0. The largest absolute Gasteiger partial charge is 0.456 e. The van der Waals surface area contributed by atoms with Crippen molar-refractivity contribution in [3.8, 4) is 0 Å². The lowest BCUT2D eigenvalue weighted by Crippen LogP contribution is -2.50. The minimum Gasteiger partial charge on any atom is -0.456 e. The van der Waals surface area contributed by atoms with Crippen molar-refractivity contribution in [2.75, 3.05) is 13.2 Å². The first kappa shape index (κ1) is 24.5. The van der Waals surface area contributed by atoms with Gasteiger partial charge >= 0.3 is 11.9 Å². The van der Waals surface area contributed by atoms with Crippen LogP contribution in [0, 0.1) is 11.8 Å². The van der Waals surface area contributed by atoms with E-state index in [-0.39, 0.29) is 30.1 Å². The first-order valence-corrected chi connectivity index (χ1v) is 12.8. The molecule has 0 amide bonds. The Hall–Kier alpha value is -1.66. The summed E-state index contributed by atoms with van der Waals surface area (Å²) in [6.45, 7) is 10.5. The van der Waals surface area contributed by atoms with Gasteiger partial charge in [0.1, 0.15) is 11.2 Å². The molecule has 6 nitrogen and oxygen atoms in total. The van der Waals surface area contributed by atoms with Crippen molar-refractivity contribution in [2.24, 2.45) is 11.8 Å². The van der Waals surface area contributed by atoms with Gasteiger partial charge < -0.3 is 18.9 Å². The van der Waals surface area contributed by atoms with Gasteiger partial charge in [0, 0.05) is 24.2 Å². The molecule has 0 aromatic rings. The van der Waals surface area contributed by atoms with Gasteiger partial charge in [0.05, 0.1) is 18.8 Å². The van der Waals surface area contributed by atoms with E-state index in [0.29, 0.717) is 18.1 Å². The summed E-state index contributed by atoms with van der Waals surface area (Å²) in [5.41, 5.74) is -0.598. The SMILES string of the molecule is C=CC(=O)OC1(C2CCOC2)CCCC(C2CCC(C3(OC(=O)C(=C)C)CCCCC3)O2)C1. The summed E-state index contributed by atoms with van der Waals surface area (Å²) in [5, 5.41) is 0. The minimum absolute atomic E-state index is 0.0760. The highest BCUT2D eigenvalue weighted by molar-refractivity contribution is 5.87. The third-order valence-electron chi connectivity index (χ3n) is 8.44. The average molecular weight is 461 g/mol. The molecule has 4 rings (SSSR count). The van der Waals surface area contributed by atoms with E-state index < -0.39 is 11.2 Å². The molecule has 2 saturated carbocycles. The topological polar surface area (TPSA) is 71.1 Å². The molecule has 0 radical (unpaired) electrons. The van der Waals surface area contributed by atoms with Gasteiger partial charge in [0.2, 0.25) is 0 Å². The van der Waals surface area contributed by atoms with Crippen molar-refractivity contribution in [3.63, 3.8) is 0 Å². The van der Waals surface area contributed by atoms with Crippen LogP contribution in [0.2, 0.25) is 0 Å². The minimum atomic E-state index is -0.538. The summed E-state index contributed by atoms with van der Waals surface area (Å²) in [6.07, 6.45) is 12.8. The molecule has 5 unspecified atom stereocenters. The van der Waals surface area contributed by atoms with Crippen LogP contribution in [0.3, 0.4) is 0 Å². The molecule has 33 heavy (non-hydrogen) atoms. The number of ether oxygens (including phenoxy) is 4. The predicted octanol–water partition coefficient (Wildman–Crippen LogP) is 5.05. The van der Waals surface area contributed by atoms with Gasteiger partial charge in [0.15, 0.2) is 0 Å². The number of rotatable bonds is 7. The highest BCUT2D eigenvalue weighted by Crippen LogP contribution is 2.49. The van der Waals surface area contributed by atoms with Crippen LogP contribution in [0.1, 0.15) is 84.0 Å². The lowest BCUT2D eigenvalue weighted by atomic mass is 9.69. The monoisotopic (exact) mass is 460 g/mol. The zero-order chi connectivity index (χ0) is 23.5. The molecule has 6 heteroatoms. The second kappa shape index (κ2) is 10.3. The molecule has 4 aliphatic rings. The van der Waals surface area contributed by atoms with Crippen molar-refractivity contribution in [1.82, 2.24) is 0 Å². The van der Waals surface area contributed by atoms with E-state index in [9.17, 15) is 9.59 Å². The highest BCUT2D eigenvalue weighted by Gasteiger charge is 2.52. The Morgan fingerprint density at radius 3 is 2.39 bits per heavy atom. The van der Waals surface area contributed by atoms with Crippen LogP contribution in [-0.2, 0) is 28.5 Å². The third-order valence-corrected chi connectivity index (χ3v) is 8.44. The van der Waals surface area contributed by atoms with Gasteiger partial charge in [-0.25, -0.2) is 9.59 Å². The molecule has 5 atom stereocenters. The van der Waals surface area contributed by atoms with Gasteiger partial charge in [-0.15, -0.1) is 0 Å². The summed E-state index contributed by atoms with van der Waals surface area (Å²) in [4.78, 5) is 24.7. The Bertz CT molecular complexity index is 748. The summed E-state index contributed by atoms with van der Waals surface area (Å²) in [5.74, 6) is -0.110. The Morgan fingerprint density at radius 2 is 1.73 bits per heavy atom. The maximum atomic E-state index is 12.5. The molecular formula is C27H40O6. The first-order chi connectivity index (χ1) is 15.9. The molecule has 4 fully saturated rings. The average Bonchev–Trinajstić information content (AvgIpc) is 3.53. The molecule has 0 aromatic heterocycles. The Labute approximate surface area is 198 Å². The van der Waals surface area contributed by atoms with Gasteiger partial charge in [-0.3, -0.25) is 0 Å². The first-order valence-electron chi connectivity index (χ1n) is 12.8. The van der Waals surface area contributed by atoms with E-state index in [0.717, 1.165) is 77.2 Å². The van der Waals surface area contributed by atoms with Gasteiger partial charge in [-0.1, -0.05) is 19.6 Å². The van der Waals surface area contributed by atoms with E-state index in [1.54, 1.807) is 6.92 Å². The van der Waals surface area contributed by atoms with E-state index in [2.05, 4.69) is 13.2 Å². The maximum absolute atomic E-state index is 12.5. The van der Waals surface area contributed by atoms with Crippen LogP contribution >= 0.6 is 0 Å². The van der Waals surface area contributed by atoms with Gasteiger partial charge in [0.25, 0.3) is 0 Å². The summed E-state index contributed by atoms with van der Waals surface area (Å²) >= 11 is 0. The lowest BCUT2D eigenvalue weighted by Gasteiger charge is -2.45. The smallest absolute Gasteiger partial charge is 0.333 e. The Kier molecular flexibility index (Phi) is 7.64. The Morgan fingerprint density at radius 1 is 0.970 bits per heavy atom. The van der Waals surface area contributed by atoms with Crippen LogP contribution in [0.4, 0.5) is 0 Å². The number of hydrogen-bond donors (Lipinski definition) is 0. The summed E-state index contributed by atoms with van der Waals surface area (Å²) < 4.78 is 24.5. The highest BCUT2D eigenvalue weighted by atomic mass is 16.6. The zero-order valence-corrected chi connectivity index (χ0v) is 20.1. The normalized spacial score (nSPS) is 36.2.